The summed E-state index contributed by atoms with van der Waals surface area (Å²) in [6.45, 7) is -3.28. The van der Waals surface area contributed by atoms with E-state index < -0.39 is 12.5 Å². The highest BCUT2D eigenvalue weighted by molar-refractivity contribution is 5.92. The van der Waals surface area contributed by atoms with Crippen molar-refractivity contribution in [3.8, 4) is 11.5 Å². The summed E-state index contributed by atoms with van der Waals surface area (Å²) < 4.78 is 34.0. The Kier molecular flexibility index (Phi) is 6.70. The van der Waals surface area contributed by atoms with Crippen molar-refractivity contribution in [1.29, 1.82) is 0 Å². The highest BCUT2D eigenvalue weighted by Gasteiger charge is 2.08. The van der Waals surface area contributed by atoms with Crippen LogP contribution in [0, 0.1) is 0 Å². The summed E-state index contributed by atoms with van der Waals surface area (Å²) in [5.41, 5.74) is 0.851. The fourth-order valence-electron chi connectivity index (χ4n) is 1.88. The fraction of sp³-hybridized carbons (Fsp3) is 0.176. The van der Waals surface area contributed by atoms with Crippen LogP contribution in [0.3, 0.4) is 0 Å². The van der Waals surface area contributed by atoms with Gasteiger partial charge in [-0.15, -0.1) is 0 Å². The van der Waals surface area contributed by atoms with E-state index in [2.05, 4.69) is 15.2 Å². The normalized spacial score (nSPS) is 10.7. The summed E-state index contributed by atoms with van der Waals surface area (Å²) in [6.07, 6.45) is 1.19. The third-order valence-corrected chi connectivity index (χ3v) is 2.95. The van der Waals surface area contributed by atoms with Crippen LogP contribution in [-0.4, -0.2) is 32.4 Å². The van der Waals surface area contributed by atoms with Gasteiger partial charge in [0, 0.05) is 17.3 Å². The van der Waals surface area contributed by atoms with Gasteiger partial charge in [0.25, 0.3) is 5.91 Å². The van der Waals surface area contributed by atoms with Crippen LogP contribution in [0.1, 0.15) is 5.56 Å². The van der Waals surface area contributed by atoms with Crippen molar-refractivity contribution in [1.82, 2.24) is 0 Å². The van der Waals surface area contributed by atoms with Crippen molar-refractivity contribution in [3.63, 3.8) is 0 Å². The van der Waals surface area contributed by atoms with Crippen LogP contribution in [0.5, 0.6) is 11.5 Å². The van der Waals surface area contributed by atoms with Crippen molar-refractivity contribution in [3.05, 3.63) is 54.1 Å². The number of amides is 1. The monoisotopic (exact) mass is 350 g/mol. The molecule has 25 heavy (non-hydrogen) atoms. The lowest BCUT2D eigenvalue weighted by molar-refractivity contribution is -0.120. The lowest BCUT2D eigenvalue weighted by Gasteiger charge is -2.07. The number of rotatable bonds is 8. The molecular weight excluding hydrogens is 334 g/mol. The molecule has 0 aliphatic rings. The first-order valence-electron chi connectivity index (χ1n) is 7.21. The maximum atomic E-state index is 12.3. The molecule has 2 rings (SSSR count). The second kappa shape index (κ2) is 9.21. The molecule has 0 aliphatic carbocycles. The molecule has 0 saturated carbocycles. The summed E-state index contributed by atoms with van der Waals surface area (Å²) in [6, 6.07) is 12.9. The van der Waals surface area contributed by atoms with Gasteiger partial charge in [0.15, 0.2) is 6.61 Å². The molecule has 6 nitrogen and oxygen atoms in total. The third kappa shape index (κ3) is 6.09. The predicted octanol–water partition coefficient (Wildman–Crippen LogP) is 3.29. The molecule has 0 radical (unpaired) electrons. The number of alkyl halides is 2. The number of nitrogens with zero attached hydrogens (tertiary/aromatic N) is 1. The van der Waals surface area contributed by atoms with Gasteiger partial charge in [-0.3, -0.25) is 4.79 Å². The van der Waals surface area contributed by atoms with Gasteiger partial charge in [-0.25, -0.2) is 0 Å². The van der Waals surface area contributed by atoms with Gasteiger partial charge in [-0.1, -0.05) is 23.4 Å². The highest BCUT2D eigenvalue weighted by atomic mass is 19.3. The standard InChI is InChI=1S/C17H16F2N2O4/c1-23-14-7-4-6-13(9-14)21-16(22)11-24-20-10-12-5-2-3-8-15(12)25-17(18)19/h2-10,17H,11H2,1H3,(H,21,22)/b20-10-. The smallest absolute Gasteiger partial charge is 0.387 e. The second-order valence-electron chi connectivity index (χ2n) is 4.70. The zero-order valence-electron chi connectivity index (χ0n) is 13.3. The Hall–Kier alpha value is -3.16. The van der Waals surface area contributed by atoms with Crippen LogP contribution in [0.25, 0.3) is 0 Å². The van der Waals surface area contributed by atoms with Crippen LogP contribution in [0.15, 0.2) is 53.7 Å². The minimum Gasteiger partial charge on any atom is -0.497 e. The number of anilines is 1. The maximum Gasteiger partial charge on any atom is 0.387 e. The average molecular weight is 350 g/mol. The lowest BCUT2D eigenvalue weighted by Crippen LogP contribution is -2.17. The van der Waals surface area contributed by atoms with E-state index in [4.69, 9.17) is 9.57 Å². The predicted molar refractivity (Wildman–Crippen MR) is 88.2 cm³/mol. The number of carbonyl (C=O) groups is 1. The van der Waals surface area contributed by atoms with Crippen molar-refractivity contribution < 1.29 is 27.9 Å². The first kappa shape index (κ1) is 18.2. The van der Waals surface area contributed by atoms with Gasteiger partial charge in [0.05, 0.1) is 13.3 Å². The van der Waals surface area contributed by atoms with Crippen LogP contribution in [0.4, 0.5) is 14.5 Å². The first-order chi connectivity index (χ1) is 12.1. The van der Waals surface area contributed by atoms with E-state index in [9.17, 15) is 13.6 Å². The van der Waals surface area contributed by atoms with Crippen molar-refractivity contribution in [2.45, 2.75) is 6.61 Å². The van der Waals surface area contributed by atoms with Crippen LogP contribution >= 0.6 is 0 Å². The number of carbonyl (C=O) groups excluding carboxylic acids is 1. The average Bonchev–Trinajstić information content (AvgIpc) is 2.59. The molecule has 0 unspecified atom stereocenters. The van der Waals surface area contributed by atoms with E-state index in [1.807, 2.05) is 0 Å². The largest absolute Gasteiger partial charge is 0.497 e. The molecule has 1 N–H and O–H groups in total. The van der Waals surface area contributed by atoms with Crippen molar-refractivity contribution >= 4 is 17.8 Å². The molecule has 0 heterocycles. The van der Waals surface area contributed by atoms with Gasteiger partial charge in [-0.05, 0) is 24.3 Å². The van der Waals surface area contributed by atoms with Gasteiger partial charge >= 0.3 is 6.61 Å². The van der Waals surface area contributed by atoms with Crippen LogP contribution in [0.2, 0.25) is 0 Å². The topological polar surface area (TPSA) is 69.2 Å². The lowest BCUT2D eigenvalue weighted by atomic mass is 10.2. The van der Waals surface area contributed by atoms with Crippen molar-refractivity contribution in [2.75, 3.05) is 19.0 Å². The molecule has 0 spiro atoms. The zero-order chi connectivity index (χ0) is 18.1. The molecular formula is C17H16F2N2O4. The molecule has 132 valence electrons. The fourth-order valence-corrected chi connectivity index (χ4v) is 1.88. The Morgan fingerprint density at radius 1 is 1.24 bits per heavy atom. The molecule has 0 atom stereocenters. The quantitative estimate of drug-likeness (QED) is 0.586. The van der Waals surface area contributed by atoms with E-state index in [1.54, 1.807) is 36.4 Å². The Balaban J connectivity index is 1.85. The number of ether oxygens (including phenoxy) is 2. The van der Waals surface area contributed by atoms with E-state index in [0.29, 0.717) is 17.0 Å². The molecule has 0 aromatic heterocycles. The number of methoxy groups -OCH3 is 1. The number of hydrogen-bond acceptors (Lipinski definition) is 5. The molecule has 0 aliphatic heterocycles. The molecule has 0 bridgehead atoms. The Morgan fingerprint density at radius 2 is 2.04 bits per heavy atom. The number of oxime groups is 1. The number of benzene rings is 2. The number of nitrogens with one attached hydrogen (secondary N) is 1. The second-order valence-corrected chi connectivity index (χ2v) is 4.70. The molecule has 8 heteroatoms. The van der Waals surface area contributed by atoms with E-state index in [-0.39, 0.29) is 12.4 Å². The minimum absolute atomic E-state index is 0.0364. The van der Waals surface area contributed by atoms with Gasteiger partial charge < -0.3 is 19.6 Å². The number of hydrogen-bond donors (Lipinski definition) is 1. The summed E-state index contributed by atoms with van der Waals surface area (Å²) in [5, 5.41) is 6.20. The summed E-state index contributed by atoms with van der Waals surface area (Å²) in [4.78, 5) is 16.6. The summed E-state index contributed by atoms with van der Waals surface area (Å²) >= 11 is 0. The molecule has 0 fully saturated rings. The van der Waals surface area contributed by atoms with E-state index in [1.165, 1.54) is 25.5 Å². The van der Waals surface area contributed by atoms with E-state index >= 15 is 0 Å². The Labute approximate surface area is 143 Å². The SMILES string of the molecule is COc1cccc(NC(=O)CO/N=C\c2ccccc2OC(F)F)c1. The minimum atomic E-state index is -2.94. The molecule has 0 saturated heterocycles. The molecule has 1 amide bonds. The van der Waals surface area contributed by atoms with Crippen molar-refractivity contribution in [2.24, 2.45) is 5.16 Å². The third-order valence-electron chi connectivity index (χ3n) is 2.95. The number of halogens is 2. The molecule has 2 aromatic carbocycles. The first-order valence-corrected chi connectivity index (χ1v) is 7.21. The Morgan fingerprint density at radius 3 is 2.80 bits per heavy atom. The number of para-hydroxylation sites is 1. The highest BCUT2D eigenvalue weighted by Crippen LogP contribution is 2.18. The van der Waals surface area contributed by atoms with Crippen LogP contribution in [-0.2, 0) is 9.63 Å². The Bertz CT molecular complexity index is 738. The van der Waals surface area contributed by atoms with Gasteiger partial charge in [0.1, 0.15) is 11.5 Å². The van der Waals surface area contributed by atoms with Crippen LogP contribution < -0.4 is 14.8 Å². The molecule has 2 aromatic rings. The zero-order valence-corrected chi connectivity index (χ0v) is 13.3. The van der Waals surface area contributed by atoms with Gasteiger partial charge in [-0.2, -0.15) is 8.78 Å². The van der Waals surface area contributed by atoms with E-state index in [0.717, 1.165) is 0 Å². The maximum absolute atomic E-state index is 12.3. The van der Waals surface area contributed by atoms with Gasteiger partial charge in [0.2, 0.25) is 0 Å². The summed E-state index contributed by atoms with van der Waals surface area (Å²) in [5.74, 6) is 0.139. The summed E-state index contributed by atoms with van der Waals surface area (Å²) in [7, 11) is 1.52.